The Bertz CT molecular complexity index is 546. The number of sulfone groups is 1. The standard InChI is InChI=1S/C16H30F3N3O2S/c1-5-20-14(21-10-11-25(23,24)15(2,3)4)22-13-8-6-12(7-9-13)16(17,18)19/h12-13H,5-11H2,1-4H3,(H2,20,21,22). The van der Waals surface area contributed by atoms with Crippen molar-refractivity contribution in [2.24, 2.45) is 10.9 Å². The van der Waals surface area contributed by atoms with Crippen LogP contribution in [0.4, 0.5) is 13.2 Å². The van der Waals surface area contributed by atoms with Gasteiger partial charge in [0.15, 0.2) is 15.8 Å². The fraction of sp³-hybridized carbons (Fsp3) is 0.938. The van der Waals surface area contributed by atoms with Crippen LogP contribution < -0.4 is 10.6 Å². The number of hydrogen-bond donors (Lipinski definition) is 2. The number of aliphatic imine (C=N–C) groups is 1. The maximum Gasteiger partial charge on any atom is 0.391 e. The zero-order chi connectivity index (χ0) is 19.3. The molecule has 1 saturated carbocycles. The summed E-state index contributed by atoms with van der Waals surface area (Å²) in [5.74, 6) is -0.822. The van der Waals surface area contributed by atoms with Gasteiger partial charge in [0.25, 0.3) is 0 Å². The Morgan fingerprint density at radius 2 is 1.68 bits per heavy atom. The first-order valence-electron chi connectivity index (χ1n) is 8.70. The quantitative estimate of drug-likeness (QED) is 0.564. The number of hydrogen-bond acceptors (Lipinski definition) is 3. The van der Waals surface area contributed by atoms with Crippen molar-refractivity contribution in [1.29, 1.82) is 0 Å². The monoisotopic (exact) mass is 385 g/mol. The summed E-state index contributed by atoms with van der Waals surface area (Å²) < 4.78 is 61.5. The van der Waals surface area contributed by atoms with Gasteiger partial charge < -0.3 is 10.6 Å². The van der Waals surface area contributed by atoms with Gasteiger partial charge in [0.2, 0.25) is 0 Å². The molecule has 0 radical (unpaired) electrons. The summed E-state index contributed by atoms with van der Waals surface area (Å²) in [5.41, 5.74) is 0. The van der Waals surface area contributed by atoms with Gasteiger partial charge in [-0.15, -0.1) is 0 Å². The maximum atomic E-state index is 12.7. The highest BCUT2D eigenvalue weighted by molar-refractivity contribution is 7.92. The largest absolute Gasteiger partial charge is 0.391 e. The fourth-order valence-corrected chi connectivity index (χ4v) is 3.61. The molecule has 0 aromatic rings. The van der Waals surface area contributed by atoms with Crippen LogP contribution in [-0.4, -0.2) is 50.2 Å². The lowest BCUT2D eigenvalue weighted by Gasteiger charge is -2.31. The average molecular weight is 385 g/mol. The summed E-state index contributed by atoms with van der Waals surface area (Å²) in [5, 5.41) is 6.15. The predicted octanol–water partition coefficient (Wildman–Crippen LogP) is 2.88. The highest BCUT2D eigenvalue weighted by atomic mass is 32.2. The first-order chi connectivity index (χ1) is 11.4. The lowest BCUT2D eigenvalue weighted by Crippen LogP contribution is -2.46. The molecule has 9 heteroatoms. The second-order valence-corrected chi connectivity index (χ2v) is 10.3. The Hall–Kier alpha value is -0.990. The van der Waals surface area contributed by atoms with Gasteiger partial charge in [-0.25, -0.2) is 8.42 Å². The summed E-state index contributed by atoms with van der Waals surface area (Å²) in [4.78, 5) is 4.27. The highest BCUT2D eigenvalue weighted by Gasteiger charge is 2.41. The van der Waals surface area contributed by atoms with Crippen molar-refractivity contribution in [2.75, 3.05) is 18.8 Å². The molecule has 0 saturated heterocycles. The zero-order valence-electron chi connectivity index (χ0n) is 15.4. The fourth-order valence-electron chi connectivity index (χ4n) is 2.66. The molecule has 1 aliphatic rings. The van der Waals surface area contributed by atoms with Crippen LogP contribution in [0.15, 0.2) is 4.99 Å². The van der Waals surface area contributed by atoms with Gasteiger partial charge in [0.1, 0.15) is 0 Å². The number of nitrogens with one attached hydrogen (secondary N) is 2. The number of rotatable bonds is 5. The van der Waals surface area contributed by atoms with Crippen molar-refractivity contribution in [1.82, 2.24) is 10.6 Å². The van der Waals surface area contributed by atoms with Gasteiger partial charge in [-0.3, -0.25) is 4.99 Å². The van der Waals surface area contributed by atoms with Gasteiger partial charge in [-0.2, -0.15) is 13.2 Å². The first kappa shape index (κ1) is 22.1. The summed E-state index contributed by atoms with van der Waals surface area (Å²) in [6.45, 7) is 7.53. The maximum absolute atomic E-state index is 12.7. The number of nitrogens with zero attached hydrogens (tertiary/aromatic N) is 1. The number of guanidine groups is 1. The molecule has 0 spiro atoms. The molecule has 0 atom stereocenters. The number of alkyl halides is 3. The molecule has 0 aromatic carbocycles. The van der Waals surface area contributed by atoms with Gasteiger partial charge in [-0.05, 0) is 53.4 Å². The second kappa shape index (κ2) is 8.60. The third-order valence-corrected chi connectivity index (χ3v) is 7.02. The molecule has 2 N–H and O–H groups in total. The van der Waals surface area contributed by atoms with E-state index >= 15 is 0 Å². The molecular formula is C16H30F3N3O2S. The Balaban J connectivity index is 2.58. The average Bonchev–Trinajstić information content (AvgIpc) is 2.45. The van der Waals surface area contributed by atoms with Crippen molar-refractivity contribution >= 4 is 15.8 Å². The van der Waals surface area contributed by atoms with E-state index in [9.17, 15) is 21.6 Å². The van der Waals surface area contributed by atoms with Crippen LogP contribution in [0.5, 0.6) is 0 Å². The Morgan fingerprint density at radius 1 is 1.12 bits per heavy atom. The van der Waals surface area contributed by atoms with E-state index < -0.39 is 26.7 Å². The van der Waals surface area contributed by atoms with E-state index in [0.717, 1.165) is 0 Å². The summed E-state index contributed by atoms with van der Waals surface area (Å²) in [6, 6.07) is -0.0735. The Morgan fingerprint density at radius 3 is 2.12 bits per heavy atom. The molecule has 0 amide bonds. The molecule has 0 aliphatic heterocycles. The van der Waals surface area contributed by atoms with E-state index in [0.29, 0.717) is 25.3 Å². The van der Waals surface area contributed by atoms with Crippen molar-refractivity contribution in [3.05, 3.63) is 0 Å². The van der Waals surface area contributed by atoms with Crippen LogP contribution >= 0.6 is 0 Å². The van der Waals surface area contributed by atoms with E-state index in [1.165, 1.54) is 0 Å². The van der Waals surface area contributed by atoms with Gasteiger partial charge in [-0.1, -0.05) is 0 Å². The predicted molar refractivity (Wildman–Crippen MR) is 94.5 cm³/mol. The van der Waals surface area contributed by atoms with Crippen molar-refractivity contribution in [3.8, 4) is 0 Å². The smallest absolute Gasteiger partial charge is 0.357 e. The molecular weight excluding hydrogens is 355 g/mol. The van der Waals surface area contributed by atoms with E-state index in [-0.39, 0.29) is 31.2 Å². The summed E-state index contributed by atoms with van der Waals surface area (Å²) in [6.07, 6.45) is -3.05. The van der Waals surface area contributed by atoms with Crippen molar-refractivity contribution in [2.45, 2.75) is 70.3 Å². The van der Waals surface area contributed by atoms with E-state index in [2.05, 4.69) is 15.6 Å². The molecule has 0 heterocycles. The van der Waals surface area contributed by atoms with Crippen molar-refractivity contribution in [3.63, 3.8) is 0 Å². The van der Waals surface area contributed by atoms with Crippen LogP contribution in [0.3, 0.4) is 0 Å². The molecule has 0 bridgehead atoms. The van der Waals surface area contributed by atoms with E-state index in [1.807, 2.05) is 6.92 Å². The minimum Gasteiger partial charge on any atom is -0.357 e. The second-order valence-electron chi connectivity index (χ2n) is 7.43. The third kappa shape index (κ3) is 7.03. The summed E-state index contributed by atoms with van der Waals surface area (Å²) >= 11 is 0. The van der Waals surface area contributed by atoms with Gasteiger partial charge in [0, 0.05) is 12.6 Å². The lowest BCUT2D eigenvalue weighted by molar-refractivity contribution is -0.182. The molecule has 25 heavy (non-hydrogen) atoms. The SMILES string of the molecule is CCNC(=NCCS(=O)(=O)C(C)(C)C)NC1CCC(C(F)(F)F)CC1. The van der Waals surface area contributed by atoms with Crippen molar-refractivity contribution < 1.29 is 21.6 Å². The molecule has 1 fully saturated rings. The minimum absolute atomic E-state index is 0.0616. The molecule has 1 aliphatic carbocycles. The number of halogens is 3. The van der Waals surface area contributed by atoms with Crippen LogP contribution in [0.25, 0.3) is 0 Å². The first-order valence-corrected chi connectivity index (χ1v) is 10.4. The lowest BCUT2D eigenvalue weighted by atomic mass is 9.85. The van der Waals surface area contributed by atoms with E-state index in [4.69, 9.17) is 0 Å². The Labute approximate surface area is 148 Å². The Kier molecular flexibility index (Phi) is 7.58. The van der Waals surface area contributed by atoms with Crippen LogP contribution in [0, 0.1) is 5.92 Å². The molecule has 148 valence electrons. The van der Waals surface area contributed by atoms with Gasteiger partial charge in [0.05, 0.1) is 23.0 Å². The minimum atomic E-state index is -4.12. The molecule has 0 aromatic heterocycles. The van der Waals surface area contributed by atoms with E-state index in [1.54, 1.807) is 20.8 Å². The van der Waals surface area contributed by atoms with Crippen LogP contribution in [0.2, 0.25) is 0 Å². The van der Waals surface area contributed by atoms with Crippen LogP contribution in [-0.2, 0) is 9.84 Å². The topological polar surface area (TPSA) is 70.6 Å². The highest BCUT2D eigenvalue weighted by Crippen LogP contribution is 2.37. The normalized spacial score (nSPS) is 23.4. The van der Waals surface area contributed by atoms with Crippen LogP contribution in [0.1, 0.15) is 53.4 Å². The molecule has 5 nitrogen and oxygen atoms in total. The third-order valence-electron chi connectivity index (χ3n) is 4.44. The van der Waals surface area contributed by atoms with Gasteiger partial charge >= 0.3 is 6.18 Å². The zero-order valence-corrected chi connectivity index (χ0v) is 16.2. The summed E-state index contributed by atoms with van der Waals surface area (Å²) in [7, 11) is -3.25. The molecule has 1 rings (SSSR count). The molecule has 0 unspecified atom stereocenters.